The first kappa shape index (κ1) is 17.1. The monoisotopic (exact) mass is 365 g/mol. The van der Waals surface area contributed by atoms with Crippen LogP contribution >= 0.6 is 0 Å². The van der Waals surface area contributed by atoms with Gasteiger partial charge in [0.2, 0.25) is 0 Å². The van der Waals surface area contributed by atoms with Crippen molar-refractivity contribution >= 4 is 22.9 Å². The van der Waals surface area contributed by atoms with Crippen molar-refractivity contribution in [3.8, 4) is 0 Å². The van der Waals surface area contributed by atoms with Crippen molar-refractivity contribution < 1.29 is 19.1 Å². The van der Waals surface area contributed by atoms with E-state index >= 15 is 0 Å². The molecular weight excluding hydrogens is 349 g/mol. The van der Waals surface area contributed by atoms with Crippen LogP contribution < -0.4 is 0 Å². The molecule has 6 nitrogen and oxygen atoms in total. The number of amides is 1. The molecule has 1 amide bonds. The number of aliphatic carboxylic acids is 1. The molecule has 3 aromatic rings. The maximum absolute atomic E-state index is 13.6. The summed E-state index contributed by atoms with van der Waals surface area (Å²) in [6.07, 6.45) is 3.12. The first-order valence-electron chi connectivity index (χ1n) is 8.51. The van der Waals surface area contributed by atoms with Crippen LogP contribution in [0.1, 0.15) is 21.8 Å². The quantitative estimate of drug-likeness (QED) is 0.772. The zero-order chi connectivity index (χ0) is 19.0. The lowest BCUT2D eigenvalue weighted by Gasteiger charge is -2.17. The lowest BCUT2D eigenvalue weighted by atomic mass is 9.89. The number of carboxylic acids is 1. The molecule has 0 unspecified atom stereocenters. The SMILES string of the molecule is O=C(O)[C@@H]1CN(C(=O)c2ccc3nccnc3c2)C[C@H]1c1cccc(F)c1. The van der Waals surface area contributed by atoms with E-state index in [0.29, 0.717) is 22.2 Å². The van der Waals surface area contributed by atoms with E-state index in [1.165, 1.54) is 17.0 Å². The summed E-state index contributed by atoms with van der Waals surface area (Å²) in [6.45, 7) is 0.297. The molecule has 1 N–H and O–H groups in total. The maximum atomic E-state index is 13.6. The first-order chi connectivity index (χ1) is 13.0. The maximum Gasteiger partial charge on any atom is 0.308 e. The summed E-state index contributed by atoms with van der Waals surface area (Å²) in [5, 5.41) is 9.58. The highest BCUT2D eigenvalue weighted by molar-refractivity contribution is 5.97. The summed E-state index contributed by atoms with van der Waals surface area (Å²) < 4.78 is 13.6. The zero-order valence-corrected chi connectivity index (χ0v) is 14.2. The Morgan fingerprint density at radius 3 is 2.56 bits per heavy atom. The Kier molecular flexibility index (Phi) is 4.27. The molecule has 1 saturated heterocycles. The van der Waals surface area contributed by atoms with Gasteiger partial charge in [-0.1, -0.05) is 12.1 Å². The van der Waals surface area contributed by atoms with Gasteiger partial charge in [0, 0.05) is 37.0 Å². The summed E-state index contributed by atoms with van der Waals surface area (Å²) in [6, 6.07) is 10.9. The molecule has 1 fully saturated rings. The number of carbonyl (C=O) groups excluding carboxylic acids is 1. The van der Waals surface area contributed by atoms with Gasteiger partial charge in [0.15, 0.2) is 0 Å². The molecule has 2 heterocycles. The van der Waals surface area contributed by atoms with E-state index in [4.69, 9.17) is 0 Å². The number of carbonyl (C=O) groups is 2. The Bertz CT molecular complexity index is 1040. The number of aromatic nitrogens is 2. The molecule has 1 aromatic heterocycles. The minimum atomic E-state index is -0.996. The molecule has 0 saturated carbocycles. The normalized spacial score (nSPS) is 19.4. The van der Waals surface area contributed by atoms with Gasteiger partial charge < -0.3 is 10.0 Å². The average molecular weight is 365 g/mol. The largest absolute Gasteiger partial charge is 0.481 e. The third-order valence-corrected chi connectivity index (χ3v) is 4.92. The van der Waals surface area contributed by atoms with Gasteiger partial charge >= 0.3 is 5.97 Å². The fourth-order valence-corrected chi connectivity index (χ4v) is 3.57. The molecule has 0 bridgehead atoms. The average Bonchev–Trinajstić information content (AvgIpc) is 3.13. The van der Waals surface area contributed by atoms with Crippen LogP contribution in [0.15, 0.2) is 54.9 Å². The van der Waals surface area contributed by atoms with Crippen LogP contribution in [0.2, 0.25) is 0 Å². The van der Waals surface area contributed by atoms with E-state index in [2.05, 4.69) is 9.97 Å². The Morgan fingerprint density at radius 1 is 1.04 bits per heavy atom. The van der Waals surface area contributed by atoms with Crippen molar-refractivity contribution in [2.24, 2.45) is 5.92 Å². The van der Waals surface area contributed by atoms with Gasteiger partial charge in [0.05, 0.1) is 17.0 Å². The molecule has 7 heteroatoms. The molecule has 1 aliphatic rings. The molecule has 27 heavy (non-hydrogen) atoms. The Labute approximate surface area is 154 Å². The minimum Gasteiger partial charge on any atom is -0.481 e. The van der Waals surface area contributed by atoms with Crippen LogP contribution in [0, 0.1) is 11.7 Å². The van der Waals surface area contributed by atoms with E-state index in [9.17, 15) is 19.1 Å². The van der Waals surface area contributed by atoms with Crippen molar-refractivity contribution in [1.82, 2.24) is 14.9 Å². The van der Waals surface area contributed by atoms with Gasteiger partial charge in [-0.3, -0.25) is 19.6 Å². The molecule has 2 aromatic carbocycles. The lowest BCUT2D eigenvalue weighted by Crippen LogP contribution is -2.29. The van der Waals surface area contributed by atoms with E-state index in [1.807, 2.05) is 0 Å². The van der Waals surface area contributed by atoms with Crippen molar-refractivity contribution in [3.05, 3.63) is 71.8 Å². The van der Waals surface area contributed by atoms with Crippen LogP contribution in [0.4, 0.5) is 4.39 Å². The highest BCUT2D eigenvalue weighted by Crippen LogP contribution is 2.34. The van der Waals surface area contributed by atoms with E-state index < -0.39 is 23.6 Å². The third-order valence-electron chi connectivity index (χ3n) is 4.92. The molecule has 0 aliphatic carbocycles. The second kappa shape index (κ2) is 6.75. The molecular formula is C20H16FN3O3. The van der Waals surface area contributed by atoms with E-state index in [-0.39, 0.29) is 19.0 Å². The highest BCUT2D eigenvalue weighted by Gasteiger charge is 2.40. The Balaban J connectivity index is 1.63. The van der Waals surface area contributed by atoms with Crippen LogP contribution in [0.3, 0.4) is 0 Å². The van der Waals surface area contributed by atoms with E-state index in [1.54, 1.807) is 42.7 Å². The topological polar surface area (TPSA) is 83.4 Å². The fourth-order valence-electron chi connectivity index (χ4n) is 3.57. The Hall–Kier alpha value is -3.35. The third kappa shape index (κ3) is 3.23. The number of rotatable bonds is 3. The minimum absolute atomic E-state index is 0.0772. The van der Waals surface area contributed by atoms with Crippen LogP contribution in [-0.4, -0.2) is 44.9 Å². The fraction of sp³-hybridized carbons (Fsp3) is 0.200. The number of hydrogen-bond acceptors (Lipinski definition) is 4. The molecule has 0 radical (unpaired) electrons. The number of fused-ring (bicyclic) bond motifs is 1. The summed E-state index contributed by atoms with van der Waals surface area (Å²) in [5.74, 6) is -2.93. The van der Waals surface area contributed by atoms with Gasteiger partial charge in [0.1, 0.15) is 5.82 Å². The van der Waals surface area contributed by atoms with Gasteiger partial charge in [-0.15, -0.1) is 0 Å². The number of carboxylic acid groups (broad SMARTS) is 1. The van der Waals surface area contributed by atoms with Gasteiger partial charge in [-0.05, 0) is 35.9 Å². The standard InChI is InChI=1S/C20H16FN3O3/c21-14-3-1-2-12(8-14)15-10-24(11-16(15)20(26)27)19(25)13-4-5-17-18(9-13)23-7-6-22-17/h1-9,15-16H,10-11H2,(H,26,27)/t15-,16+/m0/s1. The van der Waals surface area contributed by atoms with E-state index in [0.717, 1.165) is 0 Å². The van der Waals surface area contributed by atoms with Gasteiger partial charge in [-0.2, -0.15) is 0 Å². The molecule has 4 rings (SSSR count). The van der Waals surface area contributed by atoms with Crippen LogP contribution in [-0.2, 0) is 4.79 Å². The molecule has 0 spiro atoms. The van der Waals surface area contributed by atoms with Crippen molar-refractivity contribution in [2.45, 2.75) is 5.92 Å². The summed E-state index contributed by atoms with van der Waals surface area (Å²) >= 11 is 0. The summed E-state index contributed by atoms with van der Waals surface area (Å²) in [5.41, 5.74) is 2.28. The lowest BCUT2D eigenvalue weighted by molar-refractivity contribution is -0.141. The summed E-state index contributed by atoms with van der Waals surface area (Å²) in [7, 11) is 0. The second-order valence-electron chi connectivity index (χ2n) is 6.58. The number of halogens is 1. The second-order valence-corrected chi connectivity index (χ2v) is 6.58. The Morgan fingerprint density at radius 2 is 1.81 bits per heavy atom. The highest BCUT2D eigenvalue weighted by atomic mass is 19.1. The smallest absolute Gasteiger partial charge is 0.308 e. The van der Waals surface area contributed by atoms with Crippen molar-refractivity contribution in [2.75, 3.05) is 13.1 Å². The first-order valence-corrected chi connectivity index (χ1v) is 8.51. The number of benzene rings is 2. The number of nitrogens with zero attached hydrogens (tertiary/aromatic N) is 3. The number of likely N-dealkylation sites (tertiary alicyclic amines) is 1. The molecule has 1 aliphatic heterocycles. The van der Waals surface area contributed by atoms with Gasteiger partial charge in [0.25, 0.3) is 5.91 Å². The predicted molar refractivity (Wildman–Crippen MR) is 95.7 cm³/mol. The van der Waals surface area contributed by atoms with Crippen molar-refractivity contribution in [3.63, 3.8) is 0 Å². The number of hydrogen-bond donors (Lipinski definition) is 1. The van der Waals surface area contributed by atoms with Crippen LogP contribution in [0.25, 0.3) is 11.0 Å². The molecule has 2 atom stereocenters. The predicted octanol–water partition coefficient (Wildman–Crippen LogP) is 2.71. The van der Waals surface area contributed by atoms with Crippen molar-refractivity contribution in [1.29, 1.82) is 0 Å². The van der Waals surface area contributed by atoms with Gasteiger partial charge in [-0.25, -0.2) is 4.39 Å². The summed E-state index contributed by atoms with van der Waals surface area (Å²) in [4.78, 5) is 34.5. The molecule has 136 valence electrons. The van der Waals surface area contributed by atoms with Crippen LogP contribution in [0.5, 0.6) is 0 Å². The zero-order valence-electron chi connectivity index (χ0n) is 14.2.